The number of carbonyl (C=O) groups is 1. The third-order valence-corrected chi connectivity index (χ3v) is 3.89. The zero-order valence-electron chi connectivity index (χ0n) is 13.9. The third kappa shape index (κ3) is 3.74. The molecule has 1 amide bonds. The number of aromatic nitrogens is 2. The Bertz CT molecular complexity index is 713. The number of hydrogen-bond donors (Lipinski definition) is 1. The van der Waals surface area contributed by atoms with Crippen LogP contribution in [0.1, 0.15) is 15.9 Å². The number of benzene rings is 1. The van der Waals surface area contributed by atoms with Gasteiger partial charge in [0, 0.05) is 19.7 Å². The molecule has 2 heterocycles. The van der Waals surface area contributed by atoms with Crippen LogP contribution in [0.25, 0.3) is 0 Å². The fraction of sp³-hybridized carbons (Fsp3) is 0.412. The van der Waals surface area contributed by atoms with E-state index in [9.17, 15) is 4.79 Å². The lowest BCUT2D eigenvalue weighted by Gasteiger charge is -2.14. The lowest BCUT2D eigenvalue weighted by atomic mass is 10.1. The molecule has 7 nitrogen and oxygen atoms in total. The molecule has 3 rings (SSSR count). The maximum atomic E-state index is 12.0. The molecule has 1 aromatic carbocycles. The van der Waals surface area contributed by atoms with Crippen molar-refractivity contribution in [1.29, 1.82) is 0 Å². The van der Waals surface area contributed by atoms with E-state index >= 15 is 0 Å². The molecule has 1 aliphatic heterocycles. The van der Waals surface area contributed by atoms with E-state index in [1.807, 2.05) is 30.5 Å². The molecule has 24 heavy (non-hydrogen) atoms. The maximum absolute atomic E-state index is 12.0. The van der Waals surface area contributed by atoms with Crippen molar-refractivity contribution in [3.63, 3.8) is 0 Å². The van der Waals surface area contributed by atoms with Gasteiger partial charge >= 0.3 is 0 Å². The molecule has 0 spiro atoms. The van der Waals surface area contributed by atoms with Crippen molar-refractivity contribution in [2.24, 2.45) is 5.73 Å². The first kappa shape index (κ1) is 16.5. The van der Waals surface area contributed by atoms with Gasteiger partial charge in [0.25, 0.3) is 5.91 Å². The van der Waals surface area contributed by atoms with Gasteiger partial charge in [-0.3, -0.25) is 9.48 Å². The molecule has 1 fully saturated rings. The minimum Gasteiger partial charge on any atom is -0.483 e. The first-order valence-electron chi connectivity index (χ1n) is 7.86. The summed E-state index contributed by atoms with van der Waals surface area (Å²) in [6.07, 6.45) is 3.36. The zero-order valence-corrected chi connectivity index (χ0v) is 13.9. The molecule has 2 aromatic rings. The van der Waals surface area contributed by atoms with Crippen molar-refractivity contribution in [3.8, 4) is 5.75 Å². The average Bonchev–Trinajstić information content (AvgIpc) is 3.17. The first-order chi connectivity index (χ1) is 11.5. The van der Waals surface area contributed by atoms with Crippen LogP contribution in [0.3, 0.4) is 0 Å². The van der Waals surface area contributed by atoms with Crippen molar-refractivity contribution >= 4 is 5.91 Å². The van der Waals surface area contributed by atoms with Gasteiger partial charge in [-0.25, -0.2) is 0 Å². The average molecular weight is 330 g/mol. The Labute approximate surface area is 140 Å². The van der Waals surface area contributed by atoms with E-state index in [0.29, 0.717) is 31.1 Å². The Kier molecular flexibility index (Phi) is 4.82. The maximum Gasteiger partial charge on any atom is 0.253 e. The summed E-state index contributed by atoms with van der Waals surface area (Å²) in [7, 11) is 3.48. The van der Waals surface area contributed by atoms with Crippen molar-refractivity contribution in [1.82, 2.24) is 14.7 Å². The van der Waals surface area contributed by atoms with Gasteiger partial charge in [0.2, 0.25) is 0 Å². The van der Waals surface area contributed by atoms with Crippen molar-refractivity contribution in [2.45, 2.75) is 18.7 Å². The molecule has 1 saturated heterocycles. The van der Waals surface area contributed by atoms with E-state index in [1.165, 1.54) is 0 Å². The van der Waals surface area contributed by atoms with Gasteiger partial charge < -0.3 is 20.1 Å². The highest BCUT2D eigenvalue weighted by Crippen LogP contribution is 2.16. The number of nitrogens with zero attached hydrogens (tertiary/aromatic N) is 3. The van der Waals surface area contributed by atoms with Gasteiger partial charge in [-0.15, -0.1) is 0 Å². The second-order valence-electron chi connectivity index (χ2n) is 6.13. The Balaban J connectivity index is 1.66. The van der Waals surface area contributed by atoms with Gasteiger partial charge in [-0.2, -0.15) is 5.10 Å². The van der Waals surface area contributed by atoms with E-state index in [4.69, 9.17) is 15.2 Å². The highest BCUT2D eigenvalue weighted by atomic mass is 16.5. The predicted molar refractivity (Wildman–Crippen MR) is 89.0 cm³/mol. The van der Waals surface area contributed by atoms with Crippen LogP contribution in [-0.4, -0.2) is 60.0 Å². The molecular formula is C17H22N4O3. The Morgan fingerprint density at radius 2 is 2.29 bits per heavy atom. The summed E-state index contributed by atoms with van der Waals surface area (Å²) in [5.41, 5.74) is 7.57. The fourth-order valence-corrected chi connectivity index (χ4v) is 2.59. The first-order valence-corrected chi connectivity index (χ1v) is 7.86. The monoisotopic (exact) mass is 330 g/mol. The van der Waals surface area contributed by atoms with Crippen molar-refractivity contribution in [3.05, 3.63) is 47.8 Å². The molecular weight excluding hydrogens is 308 g/mol. The van der Waals surface area contributed by atoms with Crippen LogP contribution in [0.5, 0.6) is 5.75 Å². The van der Waals surface area contributed by atoms with Gasteiger partial charge in [0.15, 0.2) is 5.75 Å². The highest BCUT2D eigenvalue weighted by molar-refractivity contribution is 5.94. The summed E-state index contributed by atoms with van der Waals surface area (Å²) < 4.78 is 12.9. The van der Waals surface area contributed by atoms with E-state index in [2.05, 4.69) is 5.10 Å². The number of carbonyl (C=O) groups excluding carboxylic acids is 1. The minimum atomic E-state index is -0.135. The summed E-state index contributed by atoms with van der Waals surface area (Å²) >= 11 is 0. The second kappa shape index (κ2) is 7.02. The molecule has 2 N–H and O–H groups in total. The standard InChI is InChI=1S/C17H22N4O3/c1-20(2)17(22)13-5-3-4-12(6-13)8-21-9-14(7-19-21)24-16-11-23-10-15(16)18/h3-7,9,15-16H,8,10-11,18H2,1-2H3/t15-,16+/m0/s1. The Morgan fingerprint density at radius 1 is 1.46 bits per heavy atom. The smallest absolute Gasteiger partial charge is 0.253 e. The number of nitrogens with two attached hydrogens (primary N) is 1. The molecule has 0 unspecified atom stereocenters. The molecule has 0 saturated carbocycles. The van der Waals surface area contributed by atoms with Crippen molar-refractivity contribution < 1.29 is 14.3 Å². The van der Waals surface area contributed by atoms with Crippen LogP contribution in [0, 0.1) is 0 Å². The van der Waals surface area contributed by atoms with Gasteiger partial charge in [-0.05, 0) is 17.7 Å². The zero-order chi connectivity index (χ0) is 17.1. The molecule has 2 atom stereocenters. The Morgan fingerprint density at radius 3 is 3.00 bits per heavy atom. The van der Waals surface area contributed by atoms with Gasteiger partial charge in [-0.1, -0.05) is 12.1 Å². The van der Waals surface area contributed by atoms with Crippen molar-refractivity contribution in [2.75, 3.05) is 27.3 Å². The minimum absolute atomic E-state index is 0.0171. The van der Waals surface area contributed by atoms with E-state index in [-0.39, 0.29) is 18.1 Å². The molecule has 0 radical (unpaired) electrons. The summed E-state index contributed by atoms with van der Waals surface area (Å²) in [6, 6.07) is 7.43. The largest absolute Gasteiger partial charge is 0.483 e. The van der Waals surface area contributed by atoms with Crippen LogP contribution in [0.4, 0.5) is 0 Å². The predicted octanol–water partition coefficient (Wildman–Crippen LogP) is 0.738. The summed E-state index contributed by atoms with van der Waals surface area (Å²) in [4.78, 5) is 13.6. The molecule has 1 aliphatic rings. The molecule has 0 aliphatic carbocycles. The fourth-order valence-electron chi connectivity index (χ4n) is 2.59. The van der Waals surface area contributed by atoms with Crippen LogP contribution in [0.15, 0.2) is 36.7 Å². The number of rotatable bonds is 5. The summed E-state index contributed by atoms with van der Waals surface area (Å²) in [5, 5.41) is 4.30. The lowest BCUT2D eigenvalue weighted by molar-refractivity contribution is 0.0827. The van der Waals surface area contributed by atoms with E-state index in [0.717, 1.165) is 5.56 Å². The molecule has 0 bridgehead atoms. The highest BCUT2D eigenvalue weighted by Gasteiger charge is 2.26. The SMILES string of the molecule is CN(C)C(=O)c1cccc(Cn2cc(O[C@@H]3COC[C@@H]3N)cn2)c1. The number of amides is 1. The Hall–Kier alpha value is -2.38. The quantitative estimate of drug-likeness (QED) is 0.874. The molecule has 128 valence electrons. The molecule has 7 heteroatoms. The number of hydrogen-bond acceptors (Lipinski definition) is 5. The summed E-state index contributed by atoms with van der Waals surface area (Å²) in [5.74, 6) is 0.651. The van der Waals surface area contributed by atoms with E-state index in [1.54, 1.807) is 29.9 Å². The van der Waals surface area contributed by atoms with E-state index < -0.39 is 0 Å². The third-order valence-electron chi connectivity index (χ3n) is 3.89. The normalized spacial score (nSPS) is 20.1. The van der Waals surface area contributed by atoms with Crippen LogP contribution >= 0.6 is 0 Å². The topological polar surface area (TPSA) is 82.6 Å². The van der Waals surface area contributed by atoms with Crippen LogP contribution in [-0.2, 0) is 11.3 Å². The molecule has 1 aromatic heterocycles. The van der Waals surface area contributed by atoms with Gasteiger partial charge in [0.05, 0.1) is 38.2 Å². The summed E-state index contributed by atoms with van der Waals surface area (Å²) in [6.45, 7) is 1.58. The van der Waals surface area contributed by atoms with Crippen LogP contribution < -0.4 is 10.5 Å². The number of ether oxygens (including phenoxy) is 2. The lowest BCUT2D eigenvalue weighted by Crippen LogP contribution is -2.37. The van der Waals surface area contributed by atoms with Gasteiger partial charge in [0.1, 0.15) is 6.10 Å². The second-order valence-corrected chi connectivity index (χ2v) is 6.13. The van der Waals surface area contributed by atoms with Crippen LogP contribution in [0.2, 0.25) is 0 Å².